The predicted molar refractivity (Wildman–Crippen MR) is 143 cm³/mol. The highest BCUT2D eigenvalue weighted by atomic mass is 16.5. The van der Waals surface area contributed by atoms with E-state index in [4.69, 9.17) is 29.8 Å². The van der Waals surface area contributed by atoms with E-state index < -0.39 is 11.6 Å². The summed E-state index contributed by atoms with van der Waals surface area (Å²) in [5, 5.41) is 12.7. The summed E-state index contributed by atoms with van der Waals surface area (Å²) < 4.78 is 17.1. The second-order valence-corrected chi connectivity index (χ2v) is 8.60. The zero-order valence-corrected chi connectivity index (χ0v) is 21.5. The van der Waals surface area contributed by atoms with Gasteiger partial charge < -0.3 is 19.3 Å². The molecular weight excluding hydrogens is 488 g/mol. The van der Waals surface area contributed by atoms with Gasteiger partial charge in [0.25, 0.3) is 5.91 Å². The quantitative estimate of drug-likeness (QED) is 0.0763. The van der Waals surface area contributed by atoms with E-state index in [0.29, 0.717) is 55.4 Å². The first-order chi connectivity index (χ1) is 18.6. The van der Waals surface area contributed by atoms with Crippen molar-refractivity contribution in [2.45, 2.75) is 37.5 Å². The molecule has 2 atom stereocenters. The Labute approximate surface area is 222 Å². The van der Waals surface area contributed by atoms with Gasteiger partial charge in [0.2, 0.25) is 5.90 Å². The summed E-state index contributed by atoms with van der Waals surface area (Å²) in [5.41, 5.74) is 15.3. The van der Waals surface area contributed by atoms with Gasteiger partial charge in [-0.25, -0.2) is 10.4 Å². The number of ether oxygens (including phenoxy) is 3. The van der Waals surface area contributed by atoms with Gasteiger partial charge in [0.05, 0.1) is 13.2 Å². The second kappa shape index (κ2) is 14.7. The van der Waals surface area contributed by atoms with Crippen molar-refractivity contribution in [3.8, 4) is 5.75 Å². The average molecular weight is 523 g/mol. The largest absolute Gasteiger partial charge is 0.494 e. The molecule has 0 unspecified atom stereocenters. The minimum Gasteiger partial charge on any atom is -0.494 e. The van der Waals surface area contributed by atoms with Crippen LogP contribution in [0.25, 0.3) is 10.4 Å². The molecule has 3 rings (SSSR count). The Bertz CT molecular complexity index is 1150. The summed E-state index contributed by atoms with van der Waals surface area (Å²) in [6, 6.07) is 14.5. The second-order valence-electron chi connectivity index (χ2n) is 8.60. The van der Waals surface area contributed by atoms with Crippen LogP contribution in [0.15, 0.2) is 71.3 Å². The summed E-state index contributed by atoms with van der Waals surface area (Å²) in [5.74, 6) is 0.566. The van der Waals surface area contributed by atoms with Crippen molar-refractivity contribution in [2.24, 2.45) is 10.1 Å². The Kier molecular flexibility index (Phi) is 11.1. The van der Waals surface area contributed by atoms with Crippen molar-refractivity contribution in [3.63, 3.8) is 0 Å². The molecule has 2 aromatic rings. The Morgan fingerprint density at radius 2 is 2.05 bits per heavy atom. The number of aliphatic imine (C=N–C) groups is 1. The normalized spacial score (nSPS) is 18.2. The Morgan fingerprint density at radius 3 is 2.76 bits per heavy atom. The minimum absolute atomic E-state index is 0.0555. The van der Waals surface area contributed by atoms with Gasteiger partial charge >= 0.3 is 0 Å². The smallest absolute Gasteiger partial charge is 0.266 e. The first-order valence-electron chi connectivity index (χ1n) is 12.4. The number of hydrazine groups is 1. The number of azide groups is 1. The highest BCUT2D eigenvalue weighted by molar-refractivity contribution is 6.01. The molecule has 1 heterocycles. The van der Waals surface area contributed by atoms with Gasteiger partial charge in [-0.1, -0.05) is 35.5 Å². The maximum Gasteiger partial charge on any atom is 0.266 e. The fourth-order valence-corrected chi connectivity index (χ4v) is 4.11. The maximum atomic E-state index is 13.7. The van der Waals surface area contributed by atoms with Gasteiger partial charge in [-0.15, -0.1) is 6.58 Å². The van der Waals surface area contributed by atoms with Gasteiger partial charge in [0.1, 0.15) is 5.75 Å². The number of rotatable bonds is 16. The summed E-state index contributed by atoms with van der Waals surface area (Å²) in [4.78, 5) is 21.4. The Morgan fingerprint density at radius 1 is 1.26 bits per heavy atom. The molecule has 3 N–H and O–H groups in total. The lowest BCUT2D eigenvalue weighted by Gasteiger charge is -2.30. The molecule has 2 aromatic carbocycles. The van der Waals surface area contributed by atoms with E-state index in [1.807, 2.05) is 24.3 Å². The number of carbonyl (C=O) groups is 1. The van der Waals surface area contributed by atoms with Crippen molar-refractivity contribution in [1.82, 2.24) is 10.9 Å². The molecule has 11 nitrogen and oxygen atoms in total. The molecule has 11 heteroatoms. The molecule has 0 aromatic heterocycles. The van der Waals surface area contributed by atoms with E-state index in [-0.39, 0.29) is 25.5 Å². The number of hydrogen-bond acceptors (Lipinski definition) is 8. The van der Waals surface area contributed by atoms with Crippen molar-refractivity contribution < 1.29 is 24.1 Å². The van der Waals surface area contributed by atoms with E-state index in [1.54, 1.807) is 37.5 Å². The number of nitrogens with zero attached hydrogens (tertiary/aromatic N) is 4. The van der Waals surface area contributed by atoms with Crippen LogP contribution >= 0.6 is 0 Å². The van der Waals surface area contributed by atoms with E-state index >= 15 is 0 Å². The van der Waals surface area contributed by atoms with Crippen LogP contribution in [0, 0.1) is 0 Å². The molecule has 1 aliphatic rings. The number of carbonyl (C=O) groups excluding carboxylic acids is 1. The average Bonchev–Trinajstić information content (AvgIpc) is 3.33. The lowest BCUT2D eigenvalue weighted by Crippen LogP contribution is -2.52. The SMILES string of the molecule is C=CC[C@]1(C(=O)NNCCCOC)N=C(c2ccc(OCCCO)cc2)O[C@H]1c1ccccc1CN=[N+]=[N-]. The molecule has 0 radical (unpaired) electrons. The lowest BCUT2D eigenvalue weighted by atomic mass is 9.83. The van der Waals surface area contributed by atoms with Crippen LogP contribution in [0.4, 0.5) is 0 Å². The van der Waals surface area contributed by atoms with Crippen molar-refractivity contribution >= 4 is 11.8 Å². The van der Waals surface area contributed by atoms with E-state index in [9.17, 15) is 4.79 Å². The number of aliphatic hydroxyl groups is 1. The minimum atomic E-state index is -1.37. The van der Waals surface area contributed by atoms with E-state index in [0.717, 1.165) is 5.56 Å². The highest BCUT2D eigenvalue weighted by Gasteiger charge is 2.53. The van der Waals surface area contributed by atoms with Crippen LogP contribution < -0.4 is 15.6 Å². The molecule has 0 aliphatic carbocycles. The van der Waals surface area contributed by atoms with Crippen LogP contribution in [-0.4, -0.2) is 55.9 Å². The number of benzene rings is 2. The first kappa shape index (κ1) is 28.7. The summed E-state index contributed by atoms with van der Waals surface area (Å²) in [6.07, 6.45) is 2.28. The monoisotopic (exact) mass is 522 g/mol. The van der Waals surface area contributed by atoms with Crippen molar-refractivity contribution in [2.75, 3.05) is 33.5 Å². The third-order valence-corrected chi connectivity index (χ3v) is 5.98. The molecular formula is C27H34N6O5. The van der Waals surface area contributed by atoms with Gasteiger partial charge in [0, 0.05) is 50.2 Å². The summed E-state index contributed by atoms with van der Waals surface area (Å²) >= 11 is 0. The molecule has 0 bridgehead atoms. The molecule has 0 saturated heterocycles. The zero-order valence-electron chi connectivity index (χ0n) is 21.5. The van der Waals surface area contributed by atoms with Crippen LogP contribution in [0.5, 0.6) is 5.75 Å². The zero-order chi connectivity index (χ0) is 27.2. The van der Waals surface area contributed by atoms with Crippen LogP contribution in [0.3, 0.4) is 0 Å². The van der Waals surface area contributed by atoms with E-state index in [2.05, 4.69) is 27.5 Å². The van der Waals surface area contributed by atoms with Gasteiger partial charge in [0.15, 0.2) is 11.6 Å². The standard InChI is InChI=1S/C27H34N6O5/c1-3-14-27(26(35)32-29-15-6-17-36-2)24(23-9-5-4-8-21(23)19-30-33-28)38-25(31-27)20-10-12-22(13-11-20)37-18-7-16-34/h3-5,8-13,24,29,34H,1,6-7,14-19H2,2H3,(H,32,35)/t24-,27-/m0/s1. The Balaban J connectivity index is 1.98. The third kappa shape index (κ3) is 7.11. The maximum absolute atomic E-state index is 13.7. The lowest BCUT2D eigenvalue weighted by molar-refractivity contribution is -0.129. The summed E-state index contributed by atoms with van der Waals surface area (Å²) in [7, 11) is 1.62. The van der Waals surface area contributed by atoms with Crippen LogP contribution in [0.1, 0.15) is 42.1 Å². The summed E-state index contributed by atoms with van der Waals surface area (Å²) in [6.45, 7) is 5.50. The first-order valence-corrected chi connectivity index (χ1v) is 12.4. The number of amides is 1. The topological polar surface area (TPSA) is 150 Å². The Hall–Kier alpha value is -3.89. The highest BCUT2D eigenvalue weighted by Crippen LogP contribution is 2.43. The van der Waals surface area contributed by atoms with Gasteiger partial charge in [-0.2, -0.15) is 0 Å². The van der Waals surface area contributed by atoms with Gasteiger partial charge in [-0.3, -0.25) is 10.2 Å². The molecule has 1 aliphatic heterocycles. The van der Waals surface area contributed by atoms with Crippen LogP contribution in [0.2, 0.25) is 0 Å². The molecule has 0 saturated carbocycles. The third-order valence-electron chi connectivity index (χ3n) is 5.98. The number of nitrogens with one attached hydrogen (secondary N) is 2. The molecule has 38 heavy (non-hydrogen) atoms. The number of aliphatic hydroxyl groups excluding tert-OH is 1. The van der Waals surface area contributed by atoms with Crippen molar-refractivity contribution in [1.29, 1.82) is 0 Å². The number of methoxy groups -OCH3 is 1. The molecule has 0 fully saturated rings. The fraction of sp³-hybridized carbons (Fsp3) is 0.407. The molecule has 202 valence electrons. The van der Waals surface area contributed by atoms with Crippen LogP contribution in [-0.2, 0) is 20.8 Å². The van der Waals surface area contributed by atoms with Crippen molar-refractivity contribution in [3.05, 3.63) is 88.3 Å². The number of hydrogen-bond donors (Lipinski definition) is 3. The van der Waals surface area contributed by atoms with Gasteiger partial charge in [-0.05, 0) is 47.3 Å². The van der Waals surface area contributed by atoms with E-state index in [1.165, 1.54) is 0 Å². The molecule has 1 amide bonds. The fourth-order valence-electron chi connectivity index (χ4n) is 4.11. The molecule has 0 spiro atoms. The predicted octanol–water partition coefficient (Wildman–Crippen LogP) is 3.75.